The first kappa shape index (κ1) is 14.8. The molecule has 0 saturated carbocycles. The summed E-state index contributed by atoms with van der Waals surface area (Å²) in [6.07, 6.45) is 0. The van der Waals surface area contributed by atoms with Crippen LogP contribution in [-0.2, 0) is 11.3 Å². The Kier molecular flexibility index (Phi) is 4.62. The van der Waals surface area contributed by atoms with Crippen LogP contribution in [0.25, 0.3) is 0 Å². The van der Waals surface area contributed by atoms with Gasteiger partial charge in [-0.2, -0.15) is 0 Å². The lowest BCUT2D eigenvalue weighted by atomic mass is 10.1. The van der Waals surface area contributed by atoms with E-state index in [2.05, 4.69) is 4.90 Å². The highest BCUT2D eigenvalue weighted by molar-refractivity contribution is 5.81. The second-order valence-corrected chi connectivity index (χ2v) is 5.59. The number of likely N-dealkylation sites (N-methyl/N-ethyl adjacent to an activating group) is 1. The minimum Gasteiger partial charge on any atom is -0.491 e. The zero-order chi connectivity index (χ0) is 14.7. The molecule has 5 nitrogen and oxygen atoms in total. The third-order valence-corrected chi connectivity index (χ3v) is 3.43. The molecule has 5 heteroatoms. The molecular weight excluding hydrogens is 254 g/mol. The molecule has 1 aliphatic heterocycles. The summed E-state index contributed by atoms with van der Waals surface area (Å²) in [6, 6.07) is 7.36. The smallest absolute Gasteiger partial charge is 0.239 e. The SMILES string of the molecule is C[C@H](N)C(=O)N1Cc2ccccc2OC[C@@H]1CN(C)C. The molecule has 1 aromatic carbocycles. The first-order valence-electron chi connectivity index (χ1n) is 6.90. The van der Waals surface area contributed by atoms with Crippen LogP contribution in [0.4, 0.5) is 0 Å². The van der Waals surface area contributed by atoms with Gasteiger partial charge in [0, 0.05) is 18.7 Å². The molecule has 1 heterocycles. The van der Waals surface area contributed by atoms with Crippen LogP contribution in [0.2, 0.25) is 0 Å². The van der Waals surface area contributed by atoms with Crippen molar-refractivity contribution in [2.24, 2.45) is 5.73 Å². The molecule has 1 aliphatic rings. The molecule has 20 heavy (non-hydrogen) atoms. The molecule has 2 atom stereocenters. The predicted octanol–water partition coefficient (Wildman–Crippen LogP) is 0.685. The van der Waals surface area contributed by atoms with Gasteiger partial charge in [-0.25, -0.2) is 0 Å². The fourth-order valence-electron chi connectivity index (χ4n) is 2.46. The summed E-state index contributed by atoms with van der Waals surface area (Å²) >= 11 is 0. The summed E-state index contributed by atoms with van der Waals surface area (Å²) in [4.78, 5) is 16.3. The van der Waals surface area contributed by atoms with Gasteiger partial charge in [-0.15, -0.1) is 0 Å². The van der Waals surface area contributed by atoms with E-state index < -0.39 is 6.04 Å². The molecule has 0 unspecified atom stereocenters. The molecule has 110 valence electrons. The average molecular weight is 277 g/mol. The van der Waals surface area contributed by atoms with Crippen LogP contribution in [0.1, 0.15) is 12.5 Å². The zero-order valence-electron chi connectivity index (χ0n) is 12.4. The Morgan fingerprint density at radius 2 is 2.20 bits per heavy atom. The van der Waals surface area contributed by atoms with Gasteiger partial charge >= 0.3 is 0 Å². The minimum atomic E-state index is -0.495. The van der Waals surface area contributed by atoms with Crippen LogP contribution in [-0.4, -0.2) is 55.0 Å². The van der Waals surface area contributed by atoms with E-state index in [9.17, 15) is 4.79 Å². The van der Waals surface area contributed by atoms with Crippen molar-refractivity contribution >= 4 is 5.91 Å². The molecule has 0 radical (unpaired) electrons. The lowest BCUT2D eigenvalue weighted by molar-refractivity contribution is -0.135. The number of ether oxygens (including phenoxy) is 1. The van der Waals surface area contributed by atoms with Crippen molar-refractivity contribution in [1.82, 2.24) is 9.80 Å². The van der Waals surface area contributed by atoms with E-state index >= 15 is 0 Å². The highest BCUT2D eigenvalue weighted by atomic mass is 16.5. The number of carbonyl (C=O) groups excluding carboxylic acids is 1. The second-order valence-electron chi connectivity index (χ2n) is 5.59. The number of rotatable bonds is 3. The minimum absolute atomic E-state index is 0.0101. The zero-order valence-corrected chi connectivity index (χ0v) is 12.4. The summed E-state index contributed by atoms with van der Waals surface area (Å²) in [5.74, 6) is 0.827. The van der Waals surface area contributed by atoms with Crippen molar-refractivity contribution in [3.63, 3.8) is 0 Å². The number of amides is 1. The number of nitrogens with two attached hydrogens (primary N) is 1. The third kappa shape index (κ3) is 3.29. The van der Waals surface area contributed by atoms with Crippen molar-refractivity contribution < 1.29 is 9.53 Å². The van der Waals surface area contributed by atoms with Crippen LogP contribution in [0.3, 0.4) is 0 Å². The van der Waals surface area contributed by atoms with E-state index in [1.165, 1.54) is 0 Å². The molecule has 0 spiro atoms. The second kappa shape index (κ2) is 6.24. The summed E-state index contributed by atoms with van der Waals surface area (Å²) in [5, 5.41) is 0. The Labute approximate surface area is 120 Å². The van der Waals surface area contributed by atoms with Crippen LogP contribution < -0.4 is 10.5 Å². The van der Waals surface area contributed by atoms with Gasteiger partial charge in [-0.3, -0.25) is 4.79 Å². The van der Waals surface area contributed by atoms with Gasteiger partial charge in [-0.1, -0.05) is 18.2 Å². The highest BCUT2D eigenvalue weighted by Crippen LogP contribution is 2.25. The largest absolute Gasteiger partial charge is 0.491 e. The van der Waals surface area contributed by atoms with Crippen LogP contribution in [0.5, 0.6) is 5.75 Å². The maximum atomic E-state index is 12.4. The van der Waals surface area contributed by atoms with Gasteiger partial charge in [-0.05, 0) is 27.1 Å². The Hall–Kier alpha value is -1.59. The first-order chi connectivity index (χ1) is 9.49. The van der Waals surface area contributed by atoms with Crippen molar-refractivity contribution in [2.75, 3.05) is 27.2 Å². The number of benzene rings is 1. The van der Waals surface area contributed by atoms with E-state index in [1.807, 2.05) is 43.3 Å². The molecule has 1 amide bonds. The lowest BCUT2D eigenvalue weighted by Crippen LogP contribution is -2.51. The van der Waals surface area contributed by atoms with E-state index in [0.29, 0.717) is 13.2 Å². The Balaban J connectivity index is 2.28. The molecule has 0 aromatic heterocycles. The van der Waals surface area contributed by atoms with E-state index in [-0.39, 0.29) is 11.9 Å². The quantitative estimate of drug-likeness (QED) is 0.883. The number of para-hydroxylation sites is 1. The maximum Gasteiger partial charge on any atom is 0.239 e. The highest BCUT2D eigenvalue weighted by Gasteiger charge is 2.30. The Morgan fingerprint density at radius 3 is 2.85 bits per heavy atom. The Morgan fingerprint density at radius 1 is 1.50 bits per heavy atom. The van der Waals surface area contributed by atoms with Crippen LogP contribution >= 0.6 is 0 Å². The van der Waals surface area contributed by atoms with Gasteiger partial charge in [0.15, 0.2) is 0 Å². The standard InChI is InChI=1S/C15H23N3O2/c1-11(16)15(19)18-8-12-6-4-5-7-14(12)20-10-13(18)9-17(2)3/h4-7,11,13H,8-10,16H2,1-3H3/t11-,13-/m0/s1. The molecular formula is C15H23N3O2. The molecule has 2 N–H and O–H groups in total. The fourth-order valence-corrected chi connectivity index (χ4v) is 2.46. The molecule has 1 aromatic rings. The number of fused-ring (bicyclic) bond motifs is 1. The number of carbonyl (C=O) groups is 1. The lowest BCUT2D eigenvalue weighted by Gasteiger charge is -2.32. The number of hydrogen-bond donors (Lipinski definition) is 1. The van der Waals surface area contributed by atoms with E-state index in [1.54, 1.807) is 6.92 Å². The summed E-state index contributed by atoms with van der Waals surface area (Å²) in [6.45, 7) is 3.53. The molecule has 0 aliphatic carbocycles. The topological polar surface area (TPSA) is 58.8 Å². The number of nitrogens with zero attached hydrogens (tertiary/aromatic N) is 2. The first-order valence-corrected chi connectivity index (χ1v) is 6.90. The Bertz CT molecular complexity index is 474. The van der Waals surface area contributed by atoms with Gasteiger partial charge < -0.3 is 20.3 Å². The fraction of sp³-hybridized carbons (Fsp3) is 0.533. The van der Waals surface area contributed by atoms with Crippen LogP contribution in [0.15, 0.2) is 24.3 Å². The molecule has 2 rings (SSSR count). The van der Waals surface area contributed by atoms with Gasteiger partial charge in [0.2, 0.25) is 5.91 Å². The van der Waals surface area contributed by atoms with Crippen molar-refractivity contribution in [2.45, 2.75) is 25.6 Å². The molecule has 0 saturated heterocycles. The average Bonchev–Trinajstić information content (AvgIpc) is 2.57. The van der Waals surface area contributed by atoms with Crippen LogP contribution in [0, 0.1) is 0 Å². The molecule has 0 fully saturated rings. The monoisotopic (exact) mass is 277 g/mol. The third-order valence-electron chi connectivity index (χ3n) is 3.43. The predicted molar refractivity (Wildman–Crippen MR) is 78.5 cm³/mol. The van der Waals surface area contributed by atoms with Gasteiger partial charge in [0.1, 0.15) is 12.4 Å². The maximum absolute atomic E-state index is 12.4. The van der Waals surface area contributed by atoms with E-state index in [4.69, 9.17) is 10.5 Å². The summed E-state index contributed by atoms with van der Waals surface area (Å²) < 4.78 is 5.86. The van der Waals surface area contributed by atoms with Crippen molar-refractivity contribution in [3.05, 3.63) is 29.8 Å². The summed E-state index contributed by atoms with van der Waals surface area (Å²) in [5.41, 5.74) is 6.82. The van der Waals surface area contributed by atoms with Gasteiger partial charge in [0.05, 0.1) is 12.1 Å². The normalized spacial score (nSPS) is 20.1. The number of hydrogen-bond acceptors (Lipinski definition) is 4. The summed E-state index contributed by atoms with van der Waals surface area (Å²) in [7, 11) is 3.99. The van der Waals surface area contributed by atoms with Crippen molar-refractivity contribution in [1.29, 1.82) is 0 Å². The van der Waals surface area contributed by atoms with Crippen molar-refractivity contribution in [3.8, 4) is 5.75 Å². The van der Waals surface area contributed by atoms with E-state index in [0.717, 1.165) is 17.9 Å². The molecule has 0 bridgehead atoms. The van der Waals surface area contributed by atoms with Gasteiger partial charge in [0.25, 0.3) is 0 Å².